The third-order valence-corrected chi connectivity index (χ3v) is 17.9. The van der Waals surface area contributed by atoms with Crippen molar-refractivity contribution in [3.8, 4) is 23.0 Å². The highest BCUT2D eigenvalue weighted by molar-refractivity contribution is 7.82. The molecule has 0 bridgehead atoms. The van der Waals surface area contributed by atoms with Crippen molar-refractivity contribution in [1.29, 1.82) is 0 Å². The van der Waals surface area contributed by atoms with Gasteiger partial charge in [0, 0.05) is 32.2 Å². The van der Waals surface area contributed by atoms with Crippen LogP contribution in [0, 0.1) is 5.92 Å². The summed E-state index contributed by atoms with van der Waals surface area (Å²) in [7, 11) is -25.8. The Bertz CT molecular complexity index is 5070. The van der Waals surface area contributed by atoms with Crippen LogP contribution >= 0.6 is 0 Å². The summed E-state index contributed by atoms with van der Waals surface area (Å²) in [6.07, 6.45) is -5.65. The monoisotopic (exact) mass is 1730 g/mol. The minimum Gasteiger partial charge on any atom is -0.482 e. The van der Waals surface area contributed by atoms with E-state index in [0.29, 0.717) is 12.0 Å². The fourth-order valence-electron chi connectivity index (χ4n) is 11.0. The zero-order chi connectivity index (χ0) is 86.2. The summed E-state index contributed by atoms with van der Waals surface area (Å²) in [6, 6.07) is 10.1. The number of carbonyl (C=O) groups excluding carboxylic acids is 12. The first kappa shape index (κ1) is 92.8. The molecule has 0 spiro atoms. The van der Waals surface area contributed by atoms with Crippen molar-refractivity contribution >= 4 is 135 Å². The van der Waals surface area contributed by atoms with E-state index in [1.165, 1.54) is 38.1 Å². The van der Waals surface area contributed by atoms with Crippen molar-refractivity contribution in [3.63, 3.8) is 0 Å². The highest BCUT2D eigenvalue weighted by atomic mass is 32.3. The first-order valence-electron chi connectivity index (χ1n) is 33.5. The van der Waals surface area contributed by atoms with E-state index >= 15 is 0 Å². The molecule has 1 heterocycles. The number of rotatable bonds is 41. The maximum absolute atomic E-state index is 14.7. The molecule has 0 saturated carbocycles. The predicted molar refractivity (Wildman–Crippen MR) is 390 cm³/mol. The van der Waals surface area contributed by atoms with Gasteiger partial charge in [-0.05, 0) is 96.0 Å². The number of amides is 9. The number of nitrogens with zero attached hydrogens (tertiary/aromatic N) is 1. The number of carboxylic acid groups (broad SMARTS) is 1. The molecule has 1 aliphatic heterocycles. The van der Waals surface area contributed by atoms with Crippen LogP contribution in [0.2, 0.25) is 0 Å². The molecule has 8 atom stereocenters. The van der Waals surface area contributed by atoms with Gasteiger partial charge in [0.1, 0.15) is 71.3 Å². The third kappa shape index (κ3) is 32.5. The number of esters is 1. The normalized spacial score (nSPS) is 14.8. The molecule has 5 aromatic carbocycles. The lowest BCUT2D eigenvalue weighted by molar-refractivity contribution is -0.159. The van der Waals surface area contributed by atoms with Crippen LogP contribution in [0.3, 0.4) is 0 Å². The molecule has 1 aliphatic rings. The fourth-order valence-corrected chi connectivity index (χ4v) is 12.6. The minimum atomic E-state index is -5.75. The number of aliphatic carboxylic acids is 1. The molecule has 14 N–H and O–H groups in total. The Hall–Kier alpha value is -12.0. The summed E-state index contributed by atoms with van der Waals surface area (Å²) >= 11 is 0. The smallest absolute Gasteiger partial charge is 0.448 e. The molecule has 0 unspecified atom stereocenters. The first-order valence-corrected chi connectivity index (χ1v) is 40.4. The van der Waals surface area contributed by atoms with Crippen LogP contribution in [-0.2, 0) is 153 Å². The lowest BCUT2D eigenvalue weighted by Gasteiger charge is -2.28. The molecule has 1 fully saturated rings. The number of anilines is 1. The lowest BCUT2D eigenvalue weighted by atomic mass is 10.0. The number of carbonyl (C=O) groups is 13. The molecule has 5 aromatic rings. The van der Waals surface area contributed by atoms with Crippen molar-refractivity contribution in [2.45, 2.75) is 120 Å². The van der Waals surface area contributed by atoms with Gasteiger partial charge in [-0.25, -0.2) is 9.59 Å². The first-order chi connectivity index (χ1) is 54.1. The number of ether oxygens (including phenoxy) is 2. The molecule has 45 nitrogen and oxygen atoms in total. The van der Waals surface area contributed by atoms with Crippen LogP contribution in [0.15, 0.2) is 127 Å². The standard InChI is InChI=1S/C66H75N9O36S5/c1-36(2)28-45(57(79)71-50(34-56(78)111-116(102,103)104)62(84)70-47(31-39-17-23-42(24-18-39)108-113(93,94)95)60(82)74-51(65(87)88)32-40-19-25-43(26-20-40)109-114(96,97)98)69-61(83)49(33-55(77)110-115(99,100)101)72-58(80)46(30-38-15-21-41(22-16-38)107-112(90,91)92)67-54(76)35-106-53-14-8-7-12-44(53)68-59(81)48(29-37-10-5-4-6-11-37)73-63(85)52-13-9-27-75(52)64(86)66(89)105-3/h4-8,10-12,14-26,36,45-52H,9,13,27-35H2,1-3H3,(H,67,76)(H,68,81)(H,69,83)(H,70,84)(H,71,79)(H,72,80)(H,73,85)(H,74,82)(H,87,88)(H,90,91,92)(H,93,94,95)(H,96,97,98)(H,99,100,101)(H,102,103,104)/t45-,46-,47-,48+,49-,50-,51-,52-/m0/s1. The highest BCUT2D eigenvalue weighted by Crippen LogP contribution is 2.26. The van der Waals surface area contributed by atoms with Crippen molar-refractivity contribution < 1.29 is 163 Å². The average molecular weight is 1730 g/mol. The molecule has 630 valence electrons. The Kier molecular flexibility index (Phi) is 33.1. The molecule has 1 saturated heterocycles. The van der Waals surface area contributed by atoms with E-state index in [-0.39, 0.29) is 47.5 Å². The molecule has 50 heteroatoms. The number of hydrogen-bond acceptors (Lipinski definition) is 30. The van der Waals surface area contributed by atoms with E-state index in [4.69, 9.17) is 9.29 Å². The van der Waals surface area contributed by atoms with Gasteiger partial charge in [-0.2, -0.15) is 42.1 Å². The van der Waals surface area contributed by atoms with Crippen LogP contribution in [0.1, 0.15) is 68.2 Å². The average Bonchev–Trinajstić information content (AvgIpc) is 1.58. The number of benzene rings is 5. The van der Waals surface area contributed by atoms with E-state index in [1.807, 2.05) is 5.32 Å². The highest BCUT2D eigenvalue weighted by Gasteiger charge is 2.41. The number of hydrogen-bond donors (Lipinski definition) is 14. The van der Waals surface area contributed by atoms with E-state index in [0.717, 1.165) is 84.8 Å². The van der Waals surface area contributed by atoms with Crippen molar-refractivity contribution in [2.24, 2.45) is 5.92 Å². The van der Waals surface area contributed by atoms with Crippen LogP contribution in [-0.4, -0.2) is 220 Å². The van der Waals surface area contributed by atoms with Crippen molar-refractivity contribution in [1.82, 2.24) is 42.1 Å². The van der Waals surface area contributed by atoms with E-state index in [9.17, 15) is 128 Å². The summed E-state index contributed by atoms with van der Waals surface area (Å²) in [5.41, 5.74) is 0.405. The minimum absolute atomic E-state index is 0.00829. The SMILES string of the molecule is COC(=O)C(=O)N1CCC[C@H]1C(=O)N[C@H](Cc1ccccc1)C(=O)Nc1ccccc1OCC(=O)N[C@@H](Cc1ccc(OS(=O)(=O)O)cc1)C(=O)N[C@@H](CC(=O)OS(=O)(=O)O)C(=O)N[C@@H](CC(C)C)C(=O)N[C@@H](CC(=O)OS(=O)(=O)O)C(=O)N[C@@H](Cc1ccc(OS(=O)(=O)O)cc1)C(=O)N[C@@H](Cc1ccc(OS(=O)(=O)O)cc1)C(=O)O. The van der Waals surface area contributed by atoms with E-state index < -0.39 is 246 Å². The van der Waals surface area contributed by atoms with Gasteiger partial charge in [0.05, 0.1) is 25.6 Å². The Morgan fingerprint density at radius 3 is 1.23 bits per heavy atom. The summed E-state index contributed by atoms with van der Waals surface area (Å²) in [5, 5.41) is 28.2. The van der Waals surface area contributed by atoms with Gasteiger partial charge in [0.25, 0.3) is 5.91 Å². The molecule has 9 amide bonds. The van der Waals surface area contributed by atoms with Crippen LogP contribution in [0.25, 0.3) is 0 Å². The maximum atomic E-state index is 14.7. The number of likely N-dealkylation sites (tertiary alicyclic amines) is 1. The van der Waals surface area contributed by atoms with Gasteiger partial charge in [0.15, 0.2) is 6.61 Å². The third-order valence-electron chi connectivity index (χ3n) is 15.9. The second kappa shape index (κ2) is 41.3. The van der Waals surface area contributed by atoms with Gasteiger partial charge in [-0.1, -0.05) is 92.7 Å². The van der Waals surface area contributed by atoms with Gasteiger partial charge >= 0.3 is 81.8 Å². The molecular weight excluding hydrogens is 1660 g/mol. The van der Waals surface area contributed by atoms with Gasteiger partial charge in [-0.3, -0.25) is 75.5 Å². The largest absolute Gasteiger partial charge is 0.482 e. The molecule has 0 aromatic heterocycles. The predicted octanol–water partition coefficient (Wildman–Crippen LogP) is -2.32. The van der Waals surface area contributed by atoms with Crippen molar-refractivity contribution in [3.05, 3.63) is 150 Å². The molecule has 116 heavy (non-hydrogen) atoms. The summed E-state index contributed by atoms with van der Waals surface area (Å²) in [5.74, 6) is -21.3. The van der Waals surface area contributed by atoms with E-state index in [1.54, 1.807) is 30.3 Å². The second-order valence-corrected chi connectivity index (χ2v) is 30.4. The van der Waals surface area contributed by atoms with E-state index in [2.05, 4.69) is 62.9 Å². The summed E-state index contributed by atoms with van der Waals surface area (Å²) in [4.78, 5) is 180. The van der Waals surface area contributed by atoms with Crippen LogP contribution in [0.4, 0.5) is 5.69 Å². The molecular formula is C66H75N9O36S5. The zero-order valence-electron chi connectivity index (χ0n) is 60.5. The molecule has 0 aliphatic carbocycles. The van der Waals surface area contributed by atoms with Crippen molar-refractivity contribution in [2.75, 3.05) is 25.6 Å². The Labute approximate surface area is 660 Å². The Morgan fingerprint density at radius 2 is 0.810 bits per heavy atom. The number of methoxy groups -OCH3 is 1. The topological polar surface area (TPSA) is 678 Å². The zero-order valence-corrected chi connectivity index (χ0v) is 64.6. The number of nitrogens with one attached hydrogen (secondary N) is 8. The maximum Gasteiger partial charge on any atom is 0.448 e. The summed E-state index contributed by atoms with van der Waals surface area (Å²) < 4.78 is 194. The second-order valence-electron chi connectivity index (χ2n) is 25.3. The molecule has 6 rings (SSSR count). The van der Waals surface area contributed by atoms with Crippen LogP contribution in [0.5, 0.6) is 23.0 Å². The van der Waals surface area contributed by atoms with Crippen LogP contribution < -0.4 is 59.8 Å². The fraction of sp³-hybridized carbons (Fsp3) is 0.348. The number of para-hydroxylation sites is 2. The summed E-state index contributed by atoms with van der Waals surface area (Å²) in [6.45, 7) is 1.77. The van der Waals surface area contributed by atoms with Gasteiger partial charge < -0.3 is 82.9 Å². The molecule has 0 radical (unpaired) electrons. The van der Waals surface area contributed by atoms with Gasteiger partial charge in [-0.15, -0.1) is 0 Å². The van der Waals surface area contributed by atoms with Gasteiger partial charge in [0.2, 0.25) is 41.4 Å². The lowest BCUT2D eigenvalue weighted by Crippen LogP contribution is -2.60. The number of carboxylic acids is 1. The Balaban J connectivity index is 1.30. The Morgan fingerprint density at radius 1 is 0.440 bits per heavy atom. The quantitative estimate of drug-likeness (QED) is 0.0111.